The number of pyridine rings is 1. The molecule has 0 saturated carbocycles. The Morgan fingerprint density at radius 3 is 2.88 bits per heavy atom. The van der Waals surface area contributed by atoms with Crippen molar-refractivity contribution in [1.82, 2.24) is 20.1 Å². The number of nitrogens with one attached hydrogen (secondary N) is 1. The molecule has 3 heterocycles. The lowest BCUT2D eigenvalue weighted by atomic mass is 10.0. The summed E-state index contributed by atoms with van der Waals surface area (Å²) in [6.07, 6.45) is 4.68. The molecule has 0 unspecified atom stereocenters. The molecule has 4 rings (SSSR count). The van der Waals surface area contributed by atoms with E-state index in [1.807, 2.05) is 30.3 Å². The Balaban J connectivity index is 1.42. The minimum Gasteiger partial charge on any atom is -0.453 e. The van der Waals surface area contributed by atoms with Crippen LogP contribution in [0.25, 0.3) is 5.82 Å². The normalized spacial score (nSPS) is 15.4. The number of carbonyl (C=O) groups is 2. The second kappa shape index (κ2) is 6.79. The highest BCUT2D eigenvalue weighted by Crippen LogP contribution is 2.32. The van der Waals surface area contributed by atoms with Gasteiger partial charge in [0.25, 0.3) is 0 Å². The lowest BCUT2D eigenvalue weighted by molar-refractivity contribution is -0.123. The van der Waals surface area contributed by atoms with Gasteiger partial charge in [0.2, 0.25) is 5.91 Å². The molecule has 1 atom stereocenters. The molecule has 0 radical (unpaired) electrons. The molecule has 1 amide bonds. The highest BCUT2D eigenvalue weighted by molar-refractivity contribution is 5.94. The third-order valence-corrected chi connectivity index (χ3v) is 4.21. The van der Waals surface area contributed by atoms with Gasteiger partial charge in [0.05, 0.1) is 12.0 Å². The first-order valence-electron chi connectivity index (χ1n) is 8.23. The van der Waals surface area contributed by atoms with E-state index in [-0.39, 0.29) is 18.3 Å². The maximum absolute atomic E-state index is 12.3. The summed E-state index contributed by atoms with van der Waals surface area (Å²) >= 11 is 0. The van der Waals surface area contributed by atoms with Crippen LogP contribution in [0.15, 0.2) is 61.1 Å². The number of ether oxygens (including phenoxy) is 1. The first-order valence-corrected chi connectivity index (χ1v) is 8.23. The molecule has 0 bridgehead atoms. The van der Waals surface area contributed by atoms with E-state index in [1.54, 1.807) is 35.4 Å². The Kier molecular flexibility index (Phi) is 4.18. The van der Waals surface area contributed by atoms with Crippen molar-refractivity contribution in [2.24, 2.45) is 0 Å². The van der Waals surface area contributed by atoms with Gasteiger partial charge in [0.1, 0.15) is 6.10 Å². The fourth-order valence-electron chi connectivity index (χ4n) is 2.97. The van der Waals surface area contributed by atoms with Gasteiger partial charge in [0.15, 0.2) is 5.82 Å². The predicted molar refractivity (Wildman–Crippen MR) is 92.4 cm³/mol. The Morgan fingerprint density at radius 2 is 2.04 bits per heavy atom. The van der Waals surface area contributed by atoms with Crippen LogP contribution in [0.5, 0.6) is 0 Å². The Labute approximate surface area is 149 Å². The van der Waals surface area contributed by atoms with Crippen LogP contribution < -0.4 is 5.32 Å². The van der Waals surface area contributed by atoms with Gasteiger partial charge >= 0.3 is 5.97 Å². The summed E-state index contributed by atoms with van der Waals surface area (Å²) in [5.74, 6) is 0.0804. The third kappa shape index (κ3) is 3.06. The van der Waals surface area contributed by atoms with Gasteiger partial charge in [-0.25, -0.2) is 14.5 Å². The number of fused-ring (bicyclic) bond motifs is 1. The van der Waals surface area contributed by atoms with Gasteiger partial charge in [-0.3, -0.25) is 4.79 Å². The van der Waals surface area contributed by atoms with Gasteiger partial charge < -0.3 is 10.1 Å². The lowest BCUT2D eigenvalue weighted by Gasteiger charge is -2.12. The number of benzene rings is 1. The van der Waals surface area contributed by atoms with E-state index < -0.39 is 6.10 Å². The summed E-state index contributed by atoms with van der Waals surface area (Å²) in [5.41, 5.74) is 2.12. The van der Waals surface area contributed by atoms with E-state index >= 15 is 0 Å². The molecule has 7 heteroatoms. The molecule has 3 aromatic rings. The summed E-state index contributed by atoms with van der Waals surface area (Å²) in [6.45, 7) is 0.310. The first-order chi connectivity index (χ1) is 12.7. The maximum Gasteiger partial charge on any atom is 0.339 e. The molecule has 0 saturated heterocycles. The number of nitrogens with zero attached hydrogens (tertiary/aromatic N) is 3. The summed E-state index contributed by atoms with van der Waals surface area (Å²) in [7, 11) is 0. The molecule has 1 aliphatic heterocycles. The highest BCUT2D eigenvalue weighted by Gasteiger charge is 2.31. The molecule has 0 spiro atoms. The zero-order valence-corrected chi connectivity index (χ0v) is 13.8. The summed E-state index contributed by atoms with van der Waals surface area (Å²) in [5, 5.41) is 7.04. The average Bonchev–Trinajstić information content (AvgIpc) is 3.30. The molecular weight excluding hydrogens is 332 g/mol. The highest BCUT2D eigenvalue weighted by atomic mass is 16.5. The number of cyclic esters (lactones) is 1. The van der Waals surface area contributed by atoms with Crippen LogP contribution in [-0.2, 0) is 16.1 Å². The van der Waals surface area contributed by atoms with Gasteiger partial charge in [-0.1, -0.05) is 24.3 Å². The molecule has 0 aliphatic carbocycles. The van der Waals surface area contributed by atoms with Crippen molar-refractivity contribution in [3.8, 4) is 5.82 Å². The lowest BCUT2D eigenvalue weighted by Crippen LogP contribution is -2.25. The van der Waals surface area contributed by atoms with Gasteiger partial charge in [-0.2, -0.15) is 5.10 Å². The van der Waals surface area contributed by atoms with Crippen molar-refractivity contribution >= 4 is 11.9 Å². The summed E-state index contributed by atoms with van der Waals surface area (Å²) in [6, 6.07) is 12.6. The van der Waals surface area contributed by atoms with E-state index in [1.165, 1.54) is 0 Å². The zero-order chi connectivity index (χ0) is 17.9. The number of aromatic nitrogens is 3. The van der Waals surface area contributed by atoms with Gasteiger partial charge in [-0.05, 0) is 18.2 Å². The van der Waals surface area contributed by atoms with Crippen molar-refractivity contribution in [2.45, 2.75) is 19.1 Å². The molecule has 7 nitrogen and oxygen atoms in total. The molecule has 0 fully saturated rings. The predicted octanol–water partition coefficient (Wildman–Crippen LogP) is 2.19. The van der Waals surface area contributed by atoms with Crippen molar-refractivity contribution < 1.29 is 14.3 Å². The fourth-order valence-corrected chi connectivity index (χ4v) is 2.97. The van der Waals surface area contributed by atoms with Gasteiger partial charge in [0, 0.05) is 36.3 Å². The van der Waals surface area contributed by atoms with Crippen LogP contribution in [0.4, 0.5) is 0 Å². The smallest absolute Gasteiger partial charge is 0.339 e. The fraction of sp³-hybridized carbons (Fsp3) is 0.158. The quantitative estimate of drug-likeness (QED) is 0.714. The number of hydrogen-bond donors (Lipinski definition) is 1. The van der Waals surface area contributed by atoms with Crippen molar-refractivity contribution in [2.75, 3.05) is 0 Å². The van der Waals surface area contributed by atoms with E-state index in [2.05, 4.69) is 15.4 Å². The van der Waals surface area contributed by atoms with Crippen molar-refractivity contribution in [3.05, 3.63) is 77.7 Å². The van der Waals surface area contributed by atoms with Crippen LogP contribution in [0.2, 0.25) is 0 Å². The van der Waals surface area contributed by atoms with Crippen LogP contribution in [0.3, 0.4) is 0 Å². The summed E-state index contributed by atoms with van der Waals surface area (Å²) in [4.78, 5) is 28.5. The number of amides is 1. The molecular formula is C19H16N4O3. The largest absolute Gasteiger partial charge is 0.453 e. The van der Waals surface area contributed by atoms with E-state index in [0.29, 0.717) is 17.9 Å². The van der Waals surface area contributed by atoms with E-state index in [9.17, 15) is 9.59 Å². The Bertz CT molecular complexity index is 953. The van der Waals surface area contributed by atoms with Crippen LogP contribution in [0, 0.1) is 0 Å². The SMILES string of the molecule is O=C(C[C@@H]1OC(=O)c2ccccc21)NCc1cccnc1-n1cccn1. The minimum absolute atomic E-state index is 0.0835. The molecule has 1 N–H and O–H groups in total. The minimum atomic E-state index is -0.543. The Hall–Kier alpha value is -3.48. The second-order valence-corrected chi connectivity index (χ2v) is 5.90. The molecule has 2 aromatic heterocycles. The van der Waals surface area contributed by atoms with E-state index in [0.717, 1.165) is 11.1 Å². The van der Waals surface area contributed by atoms with Gasteiger partial charge in [-0.15, -0.1) is 0 Å². The van der Waals surface area contributed by atoms with Crippen LogP contribution in [0.1, 0.15) is 34.0 Å². The average molecular weight is 348 g/mol. The first kappa shape index (κ1) is 16.0. The van der Waals surface area contributed by atoms with Crippen molar-refractivity contribution in [3.63, 3.8) is 0 Å². The zero-order valence-electron chi connectivity index (χ0n) is 13.8. The standard InChI is InChI=1S/C19H16N4O3/c24-17(11-16-14-6-1-2-7-15(14)19(25)26-16)21-12-13-5-3-8-20-18(13)23-10-4-9-22-23/h1-10,16H,11-12H2,(H,21,24)/t16-/m0/s1. The number of carbonyl (C=O) groups excluding carboxylic acids is 2. The van der Waals surface area contributed by atoms with E-state index in [4.69, 9.17) is 4.74 Å². The van der Waals surface area contributed by atoms with Crippen molar-refractivity contribution in [1.29, 1.82) is 0 Å². The summed E-state index contributed by atoms with van der Waals surface area (Å²) < 4.78 is 6.96. The number of esters is 1. The maximum atomic E-state index is 12.3. The molecule has 26 heavy (non-hydrogen) atoms. The topological polar surface area (TPSA) is 86.1 Å². The molecule has 130 valence electrons. The number of rotatable bonds is 5. The Morgan fingerprint density at radius 1 is 1.15 bits per heavy atom. The van der Waals surface area contributed by atoms with Crippen LogP contribution >= 0.6 is 0 Å². The molecule has 1 aliphatic rings. The number of hydrogen-bond acceptors (Lipinski definition) is 5. The third-order valence-electron chi connectivity index (χ3n) is 4.21. The second-order valence-electron chi connectivity index (χ2n) is 5.90. The monoisotopic (exact) mass is 348 g/mol. The van der Waals surface area contributed by atoms with Crippen LogP contribution in [-0.4, -0.2) is 26.6 Å². The molecule has 1 aromatic carbocycles.